The predicted molar refractivity (Wildman–Crippen MR) is 41.2 cm³/mol. The molecule has 0 radical (unpaired) electrons. The summed E-state index contributed by atoms with van der Waals surface area (Å²) in [5, 5.41) is 30.0. The summed E-state index contributed by atoms with van der Waals surface area (Å²) >= 11 is 0. The van der Waals surface area contributed by atoms with E-state index < -0.39 is 43.3 Å². The van der Waals surface area contributed by atoms with Crippen molar-refractivity contribution in [2.45, 2.75) is 30.6 Å². The molecular formula is C7H11NO6. The molecule has 7 nitrogen and oxygen atoms in total. The summed E-state index contributed by atoms with van der Waals surface area (Å²) in [6.45, 7) is -0.433. The Morgan fingerprint density at radius 1 is 1.36 bits per heavy atom. The van der Waals surface area contributed by atoms with Gasteiger partial charge in [-0.3, -0.25) is 5.32 Å². The third-order valence-electron chi connectivity index (χ3n) is 2.37. The minimum atomic E-state index is -1.26. The molecule has 0 aromatic carbocycles. The zero-order valence-corrected chi connectivity index (χ0v) is 7.16. The lowest BCUT2D eigenvalue weighted by Gasteiger charge is -2.36. The first-order valence-corrected chi connectivity index (χ1v) is 4.23. The second-order valence-corrected chi connectivity index (χ2v) is 3.27. The highest BCUT2D eigenvalue weighted by Gasteiger charge is 2.50. The molecule has 2 fully saturated rings. The third-order valence-corrected chi connectivity index (χ3v) is 2.37. The molecule has 0 saturated carbocycles. The molecular weight excluding hydrogens is 194 g/mol. The van der Waals surface area contributed by atoms with Gasteiger partial charge in [-0.05, 0) is 0 Å². The highest BCUT2D eigenvalue weighted by atomic mass is 16.6. The van der Waals surface area contributed by atoms with E-state index in [-0.39, 0.29) is 0 Å². The number of ether oxygens (including phenoxy) is 2. The quantitative estimate of drug-likeness (QED) is 0.378. The first-order chi connectivity index (χ1) is 6.63. The Hall–Kier alpha value is -0.890. The summed E-state index contributed by atoms with van der Waals surface area (Å²) in [4.78, 5) is 10.8. The van der Waals surface area contributed by atoms with E-state index in [4.69, 9.17) is 9.84 Å². The molecule has 14 heavy (non-hydrogen) atoms. The molecule has 0 aromatic rings. The highest BCUT2D eigenvalue weighted by molar-refractivity contribution is 5.70. The van der Waals surface area contributed by atoms with Crippen molar-refractivity contribution in [3.63, 3.8) is 0 Å². The zero-order valence-electron chi connectivity index (χ0n) is 7.16. The van der Waals surface area contributed by atoms with E-state index in [1.807, 2.05) is 0 Å². The monoisotopic (exact) mass is 205 g/mol. The number of alkyl carbamates (subject to hydrolysis) is 1. The van der Waals surface area contributed by atoms with E-state index in [2.05, 4.69) is 10.1 Å². The van der Waals surface area contributed by atoms with Crippen molar-refractivity contribution >= 4 is 6.09 Å². The average Bonchev–Trinajstić information content (AvgIpc) is 2.52. The maximum atomic E-state index is 10.8. The average molecular weight is 205 g/mol. The summed E-state index contributed by atoms with van der Waals surface area (Å²) < 4.78 is 9.77. The molecule has 80 valence electrons. The van der Waals surface area contributed by atoms with Crippen LogP contribution in [0, 0.1) is 0 Å². The second-order valence-electron chi connectivity index (χ2n) is 3.27. The number of rotatable bonds is 1. The standard InChI is InChI=1S/C7H11NO6/c9-1-2-3(10)4(11)5-6(13-2)8-7(12)14-5/h2-6,9-11H,1H2,(H,8,12)/t2-,3-,4+,5-,6-/m1/s1. The van der Waals surface area contributed by atoms with Crippen LogP contribution in [0.25, 0.3) is 0 Å². The van der Waals surface area contributed by atoms with Gasteiger partial charge in [0.15, 0.2) is 12.3 Å². The van der Waals surface area contributed by atoms with E-state index in [1.165, 1.54) is 0 Å². The van der Waals surface area contributed by atoms with Crippen LogP contribution < -0.4 is 5.32 Å². The molecule has 0 spiro atoms. The summed E-state index contributed by atoms with van der Waals surface area (Å²) in [6, 6.07) is 0. The number of aliphatic hydroxyl groups excluding tert-OH is 3. The molecule has 0 unspecified atom stereocenters. The van der Waals surface area contributed by atoms with Crippen molar-refractivity contribution in [1.82, 2.24) is 5.32 Å². The summed E-state index contributed by atoms with van der Waals surface area (Å²) in [7, 11) is 0. The third kappa shape index (κ3) is 1.34. The summed E-state index contributed by atoms with van der Waals surface area (Å²) in [5.41, 5.74) is 0. The predicted octanol–water partition coefficient (Wildman–Crippen LogP) is -2.47. The van der Waals surface area contributed by atoms with E-state index in [0.29, 0.717) is 0 Å². The molecule has 2 rings (SSSR count). The van der Waals surface area contributed by atoms with Crippen LogP contribution in [0.4, 0.5) is 4.79 Å². The van der Waals surface area contributed by atoms with Gasteiger partial charge in [-0.1, -0.05) is 0 Å². The van der Waals surface area contributed by atoms with Crippen LogP contribution in [-0.4, -0.2) is 58.7 Å². The lowest BCUT2D eigenvalue weighted by atomic mass is 9.99. The van der Waals surface area contributed by atoms with Crippen molar-refractivity contribution in [2.75, 3.05) is 6.61 Å². The molecule has 0 aromatic heterocycles. The number of fused-ring (bicyclic) bond motifs is 1. The summed E-state index contributed by atoms with van der Waals surface area (Å²) in [6.07, 6.45) is -5.84. The second kappa shape index (κ2) is 3.35. The number of aliphatic hydroxyl groups is 3. The van der Waals surface area contributed by atoms with Gasteiger partial charge in [0.1, 0.15) is 18.3 Å². The fourth-order valence-electron chi connectivity index (χ4n) is 1.61. The Morgan fingerprint density at radius 3 is 2.71 bits per heavy atom. The molecule has 7 heteroatoms. The van der Waals surface area contributed by atoms with Crippen molar-refractivity contribution < 1.29 is 29.6 Å². The number of carbonyl (C=O) groups excluding carboxylic acids is 1. The topological polar surface area (TPSA) is 108 Å². The Morgan fingerprint density at radius 2 is 2.07 bits per heavy atom. The lowest BCUT2D eigenvalue weighted by Crippen LogP contribution is -2.59. The van der Waals surface area contributed by atoms with Gasteiger partial charge >= 0.3 is 6.09 Å². The molecule has 5 atom stereocenters. The van der Waals surface area contributed by atoms with Crippen molar-refractivity contribution in [3.8, 4) is 0 Å². The SMILES string of the molecule is O=C1N[C@@H]2O[C@H](CO)[C@@H](O)[C@H](O)[C@H]2O1. The lowest BCUT2D eigenvalue weighted by molar-refractivity contribution is -0.215. The minimum Gasteiger partial charge on any atom is -0.438 e. The molecule has 2 heterocycles. The summed E-state index contributed by atoms with van der Waals surface area (Å²) in [5.74, 6) is 0. The molecule has 2 aliphatic heterocycles. The van der Waals surface area contributed by atoms with Crippen LogP contribution in [0.3, 0.4) is 0 Å². The van der Waals surface area contributed by atoms with E-state index >= 15 is 0 Å². The van der Waals surface area contributed by atoms with Gasteiger partial charge in [-0.2, -0.15) is 0 Å². The van der Waals surface area contributed by atoms with Gasteiger partial charge < -0.3 is 24.8 Å². The molecule has 1 amide bonds. The molecule has 0 bridgehead atoms. The maximum absolute atomic E-state index is 10.8. The normalized spacial score (nSPS) is 46.8. The van der Waals surface area contributed by atoms with Gasteiger partial charge in [0.05, 0.1) is 6.61 Å². The number of carbonyl (C=O) groups is 1. The molecule has 2 saturated heterocycles. The number of nitrogens with one attached hydrogen (secondary N) is 1. The van der Waals surface area contributed by atoms with Crippen molar-refractivity contribution in [3.05, 3.63) is 0 Å². The molecule has 0 aliphatic carbocycles. The smallest absolute Gasteiger partial charge is 0.409 e. The van der Waals surface area contributed by atoms with Gasteiger partial charge in [0.25, 0.3) is 0 Å². The number of amides is 1. The number of hydrogen-bond acceptors (Lipinski definition) is 6. The van der Waals surface area contributed by atoms with Gasteiger partial charge in [-0.25, -0.2) is 4.79 Å². The first kappa shape index (κ1) is 9.66. The van der Waals surface area contributed by atoms with Crippen molar-refractivity contribution in [2.24, 2.45) is 0 Å². The van der Waals surface area contributed by atoms with E-state index in [0.717, 1.165) is 0 Å². The van der Waals surface area contributed by atoms with Crippen LogP contribution in [0.2, 0.25) is 0 Å². The minimum absolute atomic E-state index is 0.433. The molecule has 2 aliphatic rings. The van der Waals surface area contributed by atoms with Gasteiger partial charge in [0, 0.05) is 0 Å². The largest absolute Gasteiger partial charge is 0.438 e. The van der Waals surface area contributed by atoms with Crippen molar-refractivity contribution in [1.29, 1.82) is 0 Å². The Bertz CT molecular complexity index is 246. The molecule has 4 N–H and O–H groups in total. The van der Waals surface area contributed by atoms with Crippen LogP contribution in [0.5, 0.6) is 0 Å². The Balaban J connectivity index is 2.13. The van der Waals surface area contributed by atoms with Gasteiger partial charge in [0.2, 0.25) is 0 Å². The fourth-order valence-corrected chi connectivity index (χ4v) is 1.61. The maximum Gasteiger partial charge on any atom is 0.409 e. The van der Waals surface area contributed by atoms with Gasteiger partial charge in [-0.15, -0.1) is 0 Å². The van der Waals surface area contributed by atoms with Crippen LogP contribution in [0.1, 0.15) is 0 Å². The first-order valence-electron chi connectivity index (χ1n) is 4.23. The fraction of sp³-hybridized carbons (Fsp3) is 0.857. The van der Waals surface area contributed by atoms with Crippen LogP contribution >= 0.6 is 0 Å². The van der Waals surface area contributed by atoms with E-state index in [1.54, 1.807) is 0 Å². The Labute approximate surface area is 79.2 Å². The highest BCUT2D eigenvalue weighted by Crippen LogP contribution is 2.25. The van der Waals surface area contributed by atoms with Crippen LogP contribution in [0.15, 0.2) is 0 Å². The Kier molecular flexibility index (Phi) is 2.31. The van der Waals surface area contributed by atoms with E-state index in [9.17, 15) is 15.0 Å². The zero-order chi connectivity index (χ0) is 10.3. The number of hydrogen-bond donors (Lipinski definition) is 4. The van der Waals surface area contributed by atoms with Crippen LogP contribution in [-0.2, 0) is 9.47 Å².